The van der Waals surface area contributed by atoms with Crippen LogP contribution in [-0.2, 0) is 0 Å². The number of hydrogen-bond acceptors (Lipinski definition) is 2. The summed E-state index contributed by atoms with van der Waals surface area (Å²) < 4.78 is 0. The Morgan fingerprint density at radius 1 is 1.16 bits per heavy atom. The first-order chi connectivity index (χ1) is 9.13. The molecule has 2 heteroatoms. The number of nitriles is 1. The Balaban J connectivity index is 2.23. The molecule has 1 rings (SSSR count). The van der Waals surface area contributed by atoms with Crippen molar-refractivity contribution in [1.82, 2.24) is 0 Å². The van der Waals surface area contributed by atoms with Gasteiger partial charge in [-0.1, -0.05) is 45.6 Å². The highest BCUT2D eigenvalue weighted by molar-refractivity contribution is 5.58. The van der Waals surface area contributed by atoms with E-state index in [1.54, 1.807) is 0 Å². The molecule has 0 aromatic heterocycles. The van der Waals surface area contributed by atoms with Crippen LogP contribution in [0.25, 0.3) is 0 Å². The molecule has 0 heterocycles. The smallest absolute Gasteiger partial charge is 0.101 e. The highest BCUT2D eigenvalue weighted by atomic mass is 14.9. The number of nitrogens with one attached hydrogen (secondary N) is 1. The van der Waals surface area contributed by atoms with Gasteiger partial charge in [-0.25, -0.2) is 0 Å². The van der Waals surface area contributed by atoms with Crippen molar-refractivity contribution in [3.8, 4) is 6.07 Å². The summed E-state index contributed by atoms with van der Waals surface area (Å²) in [5.41, 5.74) is 2.91. The fraction of sp³-hybridized carbons (Fsp3) is 0.588. The van der Waals surface area contributed by atoms with Gasteiger partial charge in [0, 0.05) is 6.54 Å². The molecule has 2 nitrogen and oxygen atoms in total. The molecule has 0 aliphatic rings. The van der Waals surface area contributed by atoms with E-state index in [0.717, 1.165) is 23.7 Å². The minimum absolute atomic E-state index is 0.741. The van der Waals surface area contributed by atoms with Gasteiger partial charge in [0.15, 0.2) is 0 Å². The van der Waals surface area contributed by atoms with Crippen LogP contribution < -0.4 is 5.32 Å². The summed E-state index contributed by atoms with van der Waals surface area (Å²) in [4.78, 5) is 0. The molecule has 0 saturated carbocycles. The average Bonchev–Trinajstić information content (AvgIpc) is 2.37. The van der Waals surface area contributed by atoms with Crippen molar-refractivity contribution < 1.29 is 0 Å². The lowest BCUT2D eigenvalue weighted by Gasteiger charge is -2.09. The van der Waals surface area contributed by atoms with Gasteiger partial charge in [-0.15, -0.1) is 0 Å². The summed E-state index contributed by atoms with van der Waals surface area (Å²) in [5.74, 6) is 0.823. The Morgan fingerprint density at radius 3 is 2.58 bits per heavy atom. The predicted octanol–water partition coefficient (Wildman–Crippen LogP) is 4.89. The molecule has 0 fully saturated rings. The monoisotopic (exact) mass is 258 g/mol. The molecule has 1 aromatic carbocycles. The first-order valence-electron chi connectivity index (χ1n) is 7.38. The quantitative estimate of drug-likeness (QED) is 0.674. The molecule has 0 aliphatic carbocycles. The molecule has 0 aliphatic heterocycles. The maximum Gasteiger partial charge on any atom is 0.101 e. The van der Waals surface area contributed by atoms with Gasteiger partial charge in [-0.2, -0.15) is 5.26 Å². The minimum atomic E-state index is 0.741. The van der Waals surface area contributed by atoms with Crippen molar-refractivity contribution in [3.05, 3.63) is 29.3 Å². The van der Waals surface area contributed by atoms with Crippen molar-refractivity contribution in [1.29, 1.82) is 5.26 Å². The second-order valence-corrected chi connectivity index (χ2v) is 5.68. The second kappa shape index (κ2) is 8.58. The van der Waals surface area contributed by atoms with Crippen molar-refractivity contribution in [2.75, 3.05) is 11.9 Å². The summed E-state index contributed by atoms with van der Waals surface area (Å²) in [7, 11) is 0. The van der Waals surface area contributed by atoms with Crippen LogP contribution in [0.1, 0.15) is 57.1 Å². The van der Waals surface area contributed by atoms with Gasteiger partial charge in [-0.05, 0) is 37.0 Å². The Kier molecular flexibility index (Phi) is 7.03. The fourth-order valence-electron chi connectivity index (χ4n) is 2.16. The molecule has 19 heavy (non-hydrogen) atoms. The fourth-order valence-corrected chi connectivity index (χ4v) is 2.16. The molecular formula is C17H26N2. The molecule has 0 radical (unpaired) electrons. The van der Waals surface area contributed by atoms with Gasteiger partial charge in [0.1, 0.15) is 6.07 Å². The van der Waals surface area contributed by atoms with Crippen LogP contribution in [0.3, 0.4) is 0 Å². The molecule has 104 valence electrons. The van der Waals surface area contributed by atoms with Gasteiger partial charge < -0.3 is 5.32 Å². The third-order valence-corrected chi connectivity index (χ3v) is 3.32. The molecule has 0 atom stereocenters. The highest BCUT2D eigenvalue weighted by Crippen LogP contribution is 2.17. The molecule has 0 spiro atoms. The van der Waals surface area contributed by atoms with E-state index in [9.17, 15) is 0 Å². The number of anilines is 1. The standard InChI is InChI=1S/C17H26N2/c1-14(2)8-6-4-5-7-11-19-17-12-15(3)9-10-16(17)13-18/h9-10,12,14,19H,4-8,11H2,1-3H3. The lowest BCUT2D eigenvalue weighted by Crippen LogP contribution is -2.03. The number of rotatable bonds is 8. The largest absolute Gasteiger partial charge is 0.384 e. The van der Waals surface area contributed by atoms with E-state index in [-0.39, 0.29) is 0 Å². The minimum Gasteiger partial charge on any atom is -0.384 e. The zero-order chi connectivity index (χ0) is 14.1. The van der Waals surface area contributed by atoms with E-state index in [2.05, 4.69) is 38.2 Å². The van der Waals surface area contributed by atoms with Gasteiger partial charge >= 0.3 is 0 Å². The van der Waals surface area contributed by atoms with Crippen molar-refractivity contribution >= 4 is 5.69 Å². The summed E-state index contributed by atoms with van der Waals surface area (Å²) in [6.45, 7) is 7.57. The van der Waals surface area contributed by atoms with Crippen molar-refractivity contribution in [2.45, 2.75) is 52.9 Å². The number of nitrogens with zero attached hydrogens (tertiary/aromatic N) is 1. The summed E-state index contributed by atoms with van der Waals surface area (Å²) >= 11 is 0. The Bertz CT molecular complexity index is 416. The summed E-state index contributed by atoms with van der Waals surface area (Å²) in [6, 6.07) is 8.16. The number of hydrogen-bond donors (Lipinski definition) is 1. The van der Waals surface area contributed by atoms with Crippen LogP contribution in [0.5, 0.6) is 0 Å². The van der Waals surface area contributed by atoms with Gasteiger partial charge in [0.25, 0.3) is 0 Å². The van der Waals surface area contributed by atoms with E-state index >= 15 is 0 Å². The summed E-state index contributed by atoms with van der Waals surface area (Å²) in [5, 5.41) is 12.4. The normalized spacial score (nSPS) is 10.5. The Hall–Kier alpha value is -1.49. The second-order valence-electron chi connectivity index (χ2n) is 5.68. The molecule has 0 saturated heterocycles. The highest BCUT2D eigenvalue weighted by Gasteiger charge is 2.01. The SMILES string of the molecule is Cc1ccc(C#N)c(NCCCCCCC(C)C)c1. The molecule has 1 N–H and O–H groups in total. The molecule has 1 aromatic rings. The van der Waals surface area contributed by atoms with E-state index in [4.69, 9.17) is 5.26 Å². The lowest BCUT2D eigenvalue weighted by molar-refractivity contribution is 0.523. The topological polar surface area (TPSA) is 35.8 Å². The first-order valence-corrected chi connectivity index (χ1v) is 7.38. The van der Waals surface area contributed by atoms with Crippen LogP contribution >= 0.6 is 0 Å². The van der Waals surface area contributed by atoms with E-state index in [1.165, 1.54) is 37.7 Å². The maximum absolute atomic E-state index is 9.04. The van der Waals surface area contributed by atoms with Crippen LogP contribution in [0.4, 0.5) is 5.69 Å². The summed E-state index contributed by atoms with van der Waals surface area (Å²) in [6.07, 6.45) is 6.44. The zero-order valence-electron chi connectivity index (χ0n) is 12.5. The van der Waals surface area contributed by atoms with Crippen LogP contribution in [0.2, 0.25) is 0 Å². The van der Waals surface area contributed by atoms with Crippen LogP contribution in [0, 0.1) is 24.2 Å². The van der Waals surface area contributed by atoms with E-state index in [1.807, 2.05) is 12.1 Å². The van der Waals surface area contributed by atoms with Gasteiger partial charge in [0.05, 0.1) is 11.3 Å². The number of aryl methyl sites for hydroxylation is 1. The Morgan fingerprint density at radius 2 is 1.89 bits per heavy atom. The lowest BCUT2D eigenvalue weighted by atomic mass is 10.0. The maximum atomic E-state index is 9.04. The third kappa shape index (κ3) is 6.29. The van der Waals surface area contributed by atoms with Crippen molar-refractivity contribution in [3.63, 3.8) is 0 Å². The number of benzene rings is 1. The first kappa shape index (κ1) is 15.6. The predicted molar refractivity (Wildman–Crippen MR) is 82.3 cm³/mol. The van der Waals surface area contributed by atoms with Crippen LogP contribution in [-0.4, -0.2) is 6.54 Å². The average molecular weight is 258 g/mol. The van der Waals surface area contributed by atoms with Crippen LogP contribution in [0.15, 0.2) is 18.2 Å². The molecular weight excluding hydrogens is 232 g/mol. The number of unbranched alkanes of at least 4 members (excludes halogenated alkanes) is 3. The zero-order valence-corrected chi connectivity index (χ0v) is 12.5. The van der Waals surface area contributed by atoms with Gasteiger partial charge in [0.2, 0.25) is 0 Å². The van der Waals surface area contributed by atoms with Gasteiger partial charge in [-0.3, -0.25) is 0 Å². The van der Waals surface area contributed by atoms with E-state index in [0.29, 0.717) is 0 Å². The molecule has 0 amide bonds. The third-order valence-electron chi connectivity index (χ3n) is 3.32. The van der Waals surface area contributed by atoms with E-state index < -0.39 is 0 Å². The Labute approximate surface area is 117 Å². The molecule has 0 bridgehead atoms. The molecule has 0 unspecified atom stereocenters. The van der Waals surface area contributed by atoms with Crippen molar-refractivity contribution in [2.24, 2.45) is 5.92 Å².